The Hall–Kier alpha value is -2.06. The molecule has 1 aromatic heterocycles. The number of hydrogen-bond donors (Lipinski definition) is 0. The second kappa shape index (κ2) is 5.62. The van der Waals surface area contributed by atoms with E-state index in [-0.39, 0.29) is 0 Å². The Labute approximate surface area is 130 Å². The van der Waals surface area contributed by atoms with Gasteiger partial charge in [0.15, 0.2) is 11.4 Å². The van der Waals surface area contributed by atoms with Crippen LogP contribution in [0.4, 0.5) is 5.82 Å². The van der Waals surface area contributed by atoms with Crippen molar-refractivity contribution in [2.75, 3.05) is 31.1 Å². The molecule has 2 unspecified atom stereocenters. The average Bonchev–Trinajstić information content (AvgIpc) is 2.99. The van der Waals surface area contributed by atoms with Gasteiger partial charge in [-0.25, -0.2) is 0 Å². The average molecular weight is 296 g/mol. The number of nitriles is 1. The predicted molar refractivity (Wildman–Crippen MR) is 84.5 cm³/mol. The van der Waals surface area contributed by atoms with Crippen LogP contribution in [0.25, 0.3) is 11.0 Å². The molecule has 114 valence electrons. The van der Waals surface area contributed by atoms with E-state index in [2.05, 4.69) is 27.1 Å². The van der Waals surface area contributed by atoms with E-state index in [1.807, 2.05) is 18.2 Å². The van der Waals surface area contributed by atoms with Crippen molar-refractivity contribution in [3.05, 3.63) is 24.3 Å². The first-order valence-electron chi connectivity index (χ1n) is 8.05. The third kappa shape index (κ3) is 2.34. The number of hydrogen-bond acceptors (Lipinski definition) is 5. The second-order valence-electron chi connectivity index (χ2n) is 6.40. The lowest BCUT2D eigenvalue weighted by Gasteiger charge is -2.46. The van der Waals surface area contributed by atoms with Crippen molar-refractivity contribution in [1.29, 1.82) is 5.26 Å². The van der Waals surface area contributed by atoms with E-state index in [0.29, 0.717) is 18.4 Å². The predicted octanol–water partition coefficient (Wildman–Crippen LogP) is 2.64. The maximum atomic E-state index is 8.89. The molecule has 5 heteroatoms. The van der Waals surface area contributed by atoms with E-state index >= 15 is 0 Å². The van der Waals surface area contributed by atoms with Gasteiger partial charge in [-0.2, -0.15) is 5.26 Å². The van der Waals surface area contributed by atoms with Crippen LogP contribution in [0.5, 0.6) is 0 Å². The summed E-state index contributed by atoms with van der Waals surface area (Å²) in [6.07, 6.45) is 3.04. The summed E-state index contributed by atoms with van der Waals surface area (Å²) in [7, 11) is 0. The first kappa shape index (κ1) is 13.6. The highest BCUT2D eigenvalue weighted by atomic mass is 16.5. The molecule has 2 aliphatic rings. The Kier molecular flexibility index (Phi) is 3.47. The largest absolute Gasteiger partial charge is 0.354 e. The van der Waals surface area contributed by atoms with Gasteiger partial charge in [0, 0.05) is 38.6 Å². The van der Waals surface area contributed by atoms with Crippen LogP contribution in [0.3, 0.4) is 0 Å². The topological polar surface area (TPSA) is 56.3 Å². The SMILES string of the molecule is N#CCC1CCC2CN(c3noc4ccccc34)CCN2C1. The molecule has 0 amide bonds. The van der Waals surface area contributed by atoms with E-state index in [1.54, 1.807) is 0 Å². The van der Waals surface area contributed by atoms with Crippen molar-refractivity contribution < 1.29 is 4.52 Å². The van der Waals surface area contributed by atoms with E-state index in [0.717, 1.165) is 43.0 Å². The van der Waals surface area contributed by atoms with Crippen molar-refractivity contribution in [2.45, 2.75) is 25.3 Å². The summed E-state index contributed by atoms with van der Waals surface area (Å²) in [5.41, 5.74) is 0.859. The molecule has 3 heterocycles. The van der Waals surface area contributed by atoms with Gasteiger partial charge in [-0.15, -0.1) is 0 Å². The van der Waals surface area contributed by atoms with Crippen LogP contribution in [-0.4, -0.2) is 42.3 Å². The monoisotopic (exact) mass is 296 g/mol. The number of piperidine rings is 1. The van der Waals surface area contributed by atoms with Crippen LogP contribution >= 0.6 is 0 Å². The van der Waals surface area contributed by atoms with Crippen LogP contribution in [0.2, 0.25) is 0 Å². The van der Waals surface area contributed by atoms with Gasteiger partial charge in [0.1, 0.15) is 0 Å². The molecule has 0 radical (unpaired) electrons. The van der Waals surface area contributed by atoms with Crippen LogP contribution in [0.15, 0.2) is 28.8 Å². The third-order valence-corrected chi connectivity index (χ3v) is 5.04. The van der Waals surface area contributed by atoms with E-state index in [9.17, 15) is 0 Å². The van der Waals surface area contributed by atoms with Crippen LogP contribution in [0, 0.1) is 17.2 Å². The number of nitrogens with zero attached hydrogens (tertiary/aromatic N) is 4. The fourth-order valence-electron chi connectivity index (χ4n) is 3.85. The standard InChI is InChI=1S/C17H20N4O/c18-8-7-13-5-6-14-12-21(10-9-20(14)11-13)17-15-3-1-2-4-16(15)22-19-17/h1-4,13-14H,5-7,9-12H2. The number of para-hydroxylation sites is 1. The summed E-state index contributed by atoms with van der Waals surface area (Å²) in [4.78, 5) is 4.92. The highest BCUT2D eigenvalue weighted by Crippen LogP contribution is 2.31. The number of benzene rings is 1. The van der Waals surface area contributed by atoms with Crippen molar-refractivity contribution in [1.82, 2.24) is 10.1 Å². The summed E-state index contributed by atoms with van der Waals surface area (Å²) in [5.74, 6) is 1.54. The molecule has 2 aromatic rings. The molecule has 0 aliphatic carbocycles. The lowest BCUT2D eigenvalue weighted by molar-refractivity contribution is 0.0968. The quantitative estimate of drug-likeness (QED) is 0.852. The van der Waals surface area contributed by atoms with E-state index < -0.39 is 0 Å². The molecule has 5 nitrogen and oxygen atoms in total. The van der Waals surface area contributed by atoms with E-state index in [4.69, 9.17) is 9.78 Å². The lowest BCUT2D eigenvalue weighted by Crippen LogP contribution is -2.56. The van der Waals surface area contributed by atoms with E-state index in [1.165, 1.54) is 12.8 Å². The van der Waals surface area contributed by atoms with Gasteiger partial charge >= 0.3 is 0 Å². The van der Waals surface area contributed by atoms with Crippen LogP contribution in [0.1, 0.15) is 19.3 Å². The normalized spacial score (nSPS) is 25.9. The fourth-order valence-corrected chi connectivity index (χ4v) is 3.85. The number of piperazine rings is 1. The van der Waals surface area contributed by atoms with Crippen molar-refractivity contribution >= 4 is 16.8 Å². The molecule has 22 heavy (non-hydrogen) atoms. The molecule has 2 saturated heterocycles. The van der Waals surface area contributed by atoms with Gasteiger partial charge in [-0.3, -0.25) is 4.90 Å². The molecule has 0 spiro atoms. The Morgan fingerprint density at radius 2 is 2.14 bits per heavy atom. The molecule has 2 atom stereocenters. The molecule has 0 N–H and O–H groups in total. The van der Waals surface area contributed by atoms with Crippen LogP contribution in [-0.2, 0) is 0 Å². The number of aromatic nitrogens is 1. The highest BCUT2D eigenvalue weighted by molar-refractivity contribution is 5.88. The third-order valence-electron chi connectivity index (χ3n) is 5.04. The van der Waals surface area contributed by atoms with Crippen molar-refractivity contribution in [3.8, 4) is 6.07 Å². The van der Waals surface area contributed by atoms with Gasteiger partial charge in [-0.1, -0.05) is 17.3 Å². The van der Waals surface area contributed by atoms with Gasteiger partial charge in [-0.05, 0) is 30.9 Å². The number of anilines is 1. The minimum Gasteiger partial charge on any atom is -0.354 e. The minimum absolute atomic E-state index is 0.556. The molecular formula is C17H20N4O. The first-order valence-corrected chi connectivity index (χ1v) is 8.05. The summed E-state index contributed by atoms with van der Waals surface area (Å²) >= 11 is 0. The highest BCUT2D eigenvalue weighted by Gasteiger charge is 2.33. The maximum Gasteiger partial charge on any atom is 0.180 e. The first-order chi connectivity index (χ1) is 10.8. The Bertz CT molecular complexity index is 704. The van der Waals surface area contributed by atoms with Gasteiger partial charge < -0.3 is 9.42 Å². The molecule has 4 rings (SSSR count). The summed E-state index contributed by atoms with van der Waals surface area (Å²) in [6.45, 7) is 4.11. The summed E-state index contributed by atoms with van der Waals surface area (Å²) in [5, 5.41) is 14.3. The minimum atomic E-state index is 0.556. The van der Waals surface area contributed by atoms with Gasteiger partial charge in [0.2, 0.25) is 0 Å². The molecule has 1 aromatic carbocycles. The maximum absolute atomic E-state index is 8.89. The summed E-state index contributed by atoms with van der Waals surface area (Å²) in [6, 6.07) is 11.0. The van der Waals surface area contributed by atoms with Gasteiger partial charge in [0.25, 0.3) is 0 Å². The zero-order valence-electron chi connectivity index (χ0n) is 12.6. The van der Waals surface area contributed by atoms with Crippen LogP contribution < -0.4 is 4.90 Å². The second-order valence-corrected chi connectivity index (χ2v) is 6.40. The molecule has 0 saturated carbocycles. The number of fused-ring (bicyclic) bond motifs is 2. The Morgan fingerprint density at radius 3 is 3.05 bits per heavy atom. The zero-order chi connectivity index (χ0) is 14.9. The summed E-state index contributed by atoms with van der Waals surface area (Å²) < 4.78 is 5.45. The molecule has 2 aliphatic heterocycles. The smallest absolute Gasteiger partial charge is 0.180 e. The Morgan fingerprint density at radius 1 is 1.23 bits per heavy atom. The Balaban J connectivity index is 1.50. The molecule has 2 fully saturated rings. The zero-order valence-corrected chi connectivity index (χ0v) is 12.6. The molecular weight excluding hydrogens is 276 g/mol. The molecule has 0 bridgehead atoms. The number of rotatable bonds is 2. The lowest BCUT2D eigenvalue weighted by atomic mass is 9.89. The van der Waals surface area contributed by atoms with Crippen molar-refractivity contribution in [3.63, 3.8) is 0 Å². The fraction of sp³-hybridized carbons (Fsp3) is 0.529. The van der Waals surface area contributed by atoms with Crippen molar-refractivity contribution in [2.24, 2.45) is 5.92 Å². The van der Waals surface area contributed by atoms with Gasteiger partial charge in [0.05, 0.1) is 11.5 Å².